The van der Waals surface area contributed by atoms with Gasteiger partial charge in [0.2, 0.25) is 0 Å². The molecule has 2 aromatic rings. The van der Waals surface area contributed by atoms with Gasteiger partial charge in [-0.2, -0.15) is 0 Å². The van der Waals surface area contributed by atoms with Crippen LogP contribution in [-0.2, 0) is 9.84 Å². The predicted molar refractivity (Wildman–Crippen MR) is 120 cm³/mol. The van der Waals surface area contributed by atoms with Gasteiger partial charge < -0.3 is 14.4 Å². The Hall–Kier alpha value is -2.25. The van der Waals surface area contributed by atoms with E-state index in [0.29, 0.717) is 41.0 Å². The number of hydrogen-bond donors (Lipinski definition) is 0. The Morgan fingerprint density at radius 2 is 1.73 bits per heavy atom. The number of benzene rings is 2. The maximum atomic E-state index is 13.4. The molecule has 164 valence electrons. The Kier molecular flexibility index (Phi) is 8.15. The average molecular weight is 454 g/mol. The summed E-state index contributed by atoms with van der Waals surface area (Å²) in [4.78, 5) is 15.1. The van der Waals surface area contributed by atoms with Crippen LogP contribution in [0.5, 0.6) is 11.5 Å². The number of anilines is 1. The molecule has 0 bridgehead atoms. The Morgan fingerprint density at radius 3 is 2.23 bits per heavy atom. The summed E-state index contributed by atoms with van der Waals surface area (Å²) in [5, 5.41) is 0.300. The third kappa shape index (κ3) is 5.67. The van der Waals surface area contributed by atoms with Crippen LogP contribution in [0.3, 0.4) is 0 Å². The van der Waals surface area contributed by atoms with E-state index in [1.807, 2.05) is 27.7 Å². The molecule has 0 aliphatic rings. The van der Waals surface area contributed by atoms with Crippen LogP contribution in [0.25, 0.3) is 0 Å². The number of rotatable bonds is 9. The first-order chi connectivity index (χ1) is 14.1. The van der Waals surface area contributed by atoms with Gasteiger partial charge in [0.15, 0.2) is 21.3 Å². The second kappa shape index (κ2) is 10.2. The van der Waals surface area contributed by atoms with Crippen molar-refractivity contribution in [1.82, 2.24) is 0 Å². The standard InChI is InChI=1S/C22H28ClNO5S/c1-6-12-29-21-19(23)13-16(14-20(21)28-7-2)22(25)24(15(3)4)17-8-10-18(11-9-17)30(5,26)27/h8-11,13-15H,6-7,12H2,1-5H3. The van der Waals surface area contributed by atoms with E-state index < -0.39 is 9.84 Å². The minimum atomic E-state index is -3.32. The van der Waals surface area contributed by atoms with Gasteiger partial charge in [-0.05, 0) is 63.6 Å². The van der Waals surface area contributed by atoms with Crippen molar-refractivity contribution in [3.05, 3.63) is 47.0 Å². The molecule has 0 saturated carbocycles. The average Bonchev–Trinajstić information content (AvgIpc) is 2.67. The van der Waals surface area contributed by atoms with Crippen molar-refractivity contribution < 1.29 is 22.7 Å². The Bertz CT molecular complexity index is 987. The molecule has 2 aromatic carbocycles. The van der Waals surface area contributed by atoms with Crippen LogP contribution < -0.4 is 14.4 Å². The fourth-order valence-electron chi connectivity index (χ4n) is 2.94. The minimum Gasteiger partial charge on any atom is -0.490 e. The lowest BCUT2D eigenvalue weighted by Crippen LogP contribution is -2.37. The van der Waals surface area contributed by atoms with E-state index in [0.717, 1.165) is 12.7 Å². The summed E-state index contributed by atoms with van der Waals surface area (Å²) in [6, 6.07) is 9.25. The zero-order valence-corrected chi connectivity index (χ0v) is 19.5. The van der Waals surface area contributed by atoms with Gasteiger partial charge >= 0.3 is 0 Å². The highest BCUT2D eigenvalue weighted by atomic mass is 35.5. The summed E-state index contributed by atoms with van der Waals surface area (Å²) in [5.74, 6) is 0.561. The van der Waals surface area contributed by atoms with Crippen LogP contribution >= 0.6 is 11.6 Å². The van der Waals surface area contributed by atoms with E-state index >= 15 is 0 Å². The van der Waals surface area contributed by atoms with Crippen LogP contribution in [-0.4, -0.2) is 39.8 Å². The first-order valence-electron chi connectivity index (χ1n) is 9.82. The molecular weight excluding hydrogens is 426 g/mol. The molecule has 0 spiro atoms. The Morgan fingerprint density at radius 1 is 1.10 bits per heavy atom. The third-order valence-electron chi connectivity index (χ3n) is 4.29. The van der Waals surface area contributed by atoms with Crippen molar-refractivity contribution in [3.63, 3.8) is 0 Å². The molecule has 0 aliphatic carbocycles. The SMILES string of the molecule is CCCOc1c(Cl)cc(C(=O)N(c2ccc(S(C)(=O)=O)cc2)C(C)C)cc1OCC. The number of ether oxygens (including phenoxy) is 2. The van der Waals surface area contributed by atoms with Gasteiger partial charge in [-0.3, -0.25) is 4.79 Å². The Balaban J connectivity index is 2.46. The van der Waals surface area contributed by atoms with E-state index in [-0.39, 0.29) is 16.8 Å². The van der Waals surface area contributed by atoms with Gasteiger partial charge in [0, 0.05) is 23.5 Å². The maximum Gasteiger partial charge on any atom is 0.258 e. The molecule has 30 heavy (non-hydrogen) atoms. The number of halogens is 1. The maximum absolute atomic E-state index is 13.4. The second-order valence-corrected chi connectivity index (χ2v) is 9.52. The number of hydrogen-bond acceptors (Lipinski definition) is 5. The molecule has 0 saturated heterocycles. The van der Waals surface area contributed by atoms with Crippen molar-refractivity contribution in [3.8, 4) is 11.5 Å². The van der Waals surface area contributed by atoms with Gasteiger partial charge in [-0.25, -0.2) is 8.42 Å². The zero-order chi connectivity index (χ0) is 22.5. The van der Waals surface area contributed by atoms with E-state index in [1.165, 1.54) is 12.1 Å². The van der Waals surface area contributed by atoms with Crippen molar-refractivity contribution in [2.75, 3.05) is 24.4 Å². The van der Waals surface area contributed by atoms with Gasteiger partial charge in [0.05, 0.1) is 23.1 Å². The van der Waals surface area contributed by atoms with Crippen molar-refractivity contribution >= 4 is 33.0 Å². The lowest BCUT2D eigenvalue weighted by atomic mass is 10.1. The van der Waals surface area contributed by atoms with Crippen molar-refractivity contribution in [2.24, 2.45) is 0 Å². The highest BCUT2D eigenvalue weighted by molar-refractivity contribution is 7.90. The van der Waals surface area contributed by atoms with E-state index in [9.17, 15) is 13.2 Å². The topological polar surface area (TPSA) is 72.9 Å². The van der Waals surface area contributed by atoms with Crippen LogP contribution in [0, 0.1) is 0 Å². The highest BCUT2D eigenvalue weighted by Gasteiger charge is 2.24. The summed E-state index contributed by atoms with van der Waals surface area (Å²) in [6.45, 7) is 8.48. The summed E-state index contributed by atoms with van der Waals surface area (Å²) >= 11 is 6.41. The van der Waals surface area contributed by atoms with Crippen LogP contribution in [0.1, 0.15) is 44.5 Å². The highest BCUT2D eigenvalue weighted by Crippen LogP contribution is 2.37. The summed E-state index contributed by atoms with van der Waals surface area (Å²) in [6.07, 6.45) is 1.96. The molecule has 0 fully saturated rings. The molecule has 0 aromatic heterocycles. The molecule has 2 rings (SSSR count). The second-order valence-electron chi connectivity index (χ2n) is 7.10. The number of carbonyl (C=O) groups excluding carboxylic acids is 1. The number of sulfone groups is 1. The molecular formula is C22H28ClNO5S. The van der Waals surface area contributed by atoms with Crippen LogP contribution in [0.2, 0.25) is 5.02 Å². The number of carbonyl (C=O) groups is 1. The van der Waals surface area contributed by atoms with Gasteiger partial charge in [0.1, 0.15) is 0 Å². The lowest BCUT2D eigenvalue weighted by Gasteiger charge is -2.27. The van der Waals surface area contributed by atoms with Crippen LogP contribution in [0.4, 0.5) is 5.69 Å². The Labute approximate surface area is 183 Å². The third-order valence-corrected chi connectivity index (χ3v) is 5.69. The van der Waals surface area contributed by atoms with E-state index in [4.69, 9.17) is 21.1 Å². The lowest BCUT2D eigenvalue weighted by molar-refractivity contribution is 0.0979. The minimum absolute atomic E-state index is 0.174. The quantitative estimate of drug-likeness (QED) is 0.535. The predicted octanol–water partition coefficient (Wildman–Crippen LogP) is 4.99. The fourth-order valence-corrected chi connectivity index (χ4v) is 3.84. The molecule has 0 radical (unpaired) electrons. The summed E-state index contributed by atoms with van der Waals surface area (Å²) in [7, 11) is -3.32. The molecule has 0 heterocycles. The van der Waals surface area contributed by atoms with Gasteiger partial charge in [-0.1, -0.05) is 18.5 Å². The summed E-state index contributed by atoms with van der Waals surface area (Å²) < 4.78 is 34.8. The normalized spacial score (nSPS) is 11.4. The van der Waals surface area contributed by atoms with E-state index in [1.54, 1.807) is 29.2 Å². The molecule has 1 amide bonds. The monoisotopic (exact) mass is 453 g/mol. The molecule has 0 unspecified atom stereocenters. The molecule has 0 N–H and O–H groups in total. The molecule has 6 nitrogen and oxygen atoms in total. The number of amides is 1. The smallest absolute Gasteiger partial charge is 0.258 e. The van der Waals surface area contributed by atoms with E-state index in [2.05, 4.69) is 0 Å². The first-order valence-corrected chi connectivity index (χ1v) is 12.1. The molecule has 8 heteroatoms. The first kappa shape index (κ1) is 24.0. The molecule has 0 atom stereocenters. The van der Waals surface area contributed by atoms with Gasteiger partial charge in [0.25, 0.3) is 5.91 Å². The molecule has 0 aliphatic heterocycles. The number of nitrogens with zero attached hydrogens (tertiary/aromatic N) is 1. The van der Waals surface area contributed by atoms with Crippen molar-refractivity contribution in [1.29, 1.82) is 0 Å². The van der Waals surface area contributed by atoms with Crippen LogP contribution in [0.15, 0.2) is 41.3 Å². The van der Waals surface area contributed by atoms with Gasteiger partial charge in [-0.15, -0.1) is 0 Å². The zero-order valence-electron chi connectivity index (χ0n) is 17.9. The summed E-state index contributed by atoms with van der Waals surface area (Å²) in [5.41, 5.74) is 0.941. The van der Waals surface area contributed by atoms with Crippen molar-refractivity contribution in [2.45, 2.75) is 45.1 Å². The fraction of sp³-hybridized carbons (Fsp3) is 0.409. The largest absolute Gasteiger partial charge is 0.490 e.